The summed E-state index contributed by atoms with van der Waals surface area (Å²) >= 11 is 0. The number of aromatic nitrogens is 3. The number of anilines is 2. The Bertz CT molecular complexity index is 1010. The van der Waals surface area contributed by atoms with Crippen LogP contribution in [0.2, 0.25) is 0 Å². The first-order valence-corrected chi connectivity index (χ1v) is 9.30. The summed E-state index contributed by atoms with van der Waals surface area (Å²) in [6.45, 7) is -0.100. The predicted molar refractivity (Wildman–Crippen MR) is 103 cm³/mol. The minimum absolute atomic E-state index is 0.0214. The molecule has 1 atom stereocenters. The van der Waals surface area contributed by atoms with Gasteiger partial charge in [0, 0.05) is 17.7 Å². The Labute approximate surface area is 175 Å². The van der Waals surface area contributed by atoms with Gasteiger partial charge in [-0.15, -0.1) is 0 Å². The summed E-state index contributed by atoms with van der Waals surface area (Å²) in [5, 5.41) is 16.4. The average Bonchev–Trinajstić information content (AvgIpc) is 3.57. The second-order valence-electron chi connectivity index (χ2n) is 6.98. The summed E-state index contributed by atoms with van der Waals surface area (Å²) in [5.41, 5.74) is 0.957. The zero-order valence-corrected chi connectivity index (χ0v) is 16.3. The van der Waals surface area contributed by atoms with Crippen molar-refractivity contribution in [3.63, 3.8) is 0 Å². The van der Waals surface area contributed by atoms with Gasteiger partial charge < -0.3 is 16.0 Å². The van der Waals surface area contributed by atoms with Crippen LogP contribution in [0.15, 0.2) is 24.7 Å². The van der Waals surface area contributed by atoms with Crippen molar-refractivity contribution in [3.8, 4) is 17.3 Å². The Morgan fingerprint density at radius 1 is 1.23 bits per heavy atom. The van der Waals surface area contributed by atoms with Crippen LogP contribution in [0, 0.1) is 17.2 Å². The van der Waals surface area contributed by atoms with Crippen molar-refractivity contribution < 1.29 is 22.8 Å². The predicted octanol–water partition coefficient (Wildman–Crippen LogP) is 2.24. The normalized spacial score (nSPS) is 14.3. The van der Waals surface area contributed by atoms with Gasteiger partial charge in [0.05, 0.1) is 23.8 Å². The number of rotatable bonds is 7. The number of carbonyl (C=O) groups excluding carboxylic acids is 2. The van der Waals surface area contributed by atoms with E-state index in [-0.39, 0.29) is 23.2 Å². The number of pyridine rings is 1. The van der Waals surface area contributed by atoms with Crippen LogP contribution in [0.5, 0.6) is 0 Å². The lowest BCUT2D eigenvalue weighted by molar-refractivity contribution is -0.138. The van der Waals surface area contributed by atoms with Gasteiger partial charge in [-0.3, -0.25) is 14.6 Å². The minimum atomic E-state index is -4.53. The molecular formula is C19H18F3N7O2. The fourth-order valence-corrected chi connectivity index (χ4v) is 2.56. The molecule has 0 radical (unpaired) electrons. The van der Waals surface area contributed by atoms with E-state index in [0.29, 0.717) is 17.1 Å². The molecule has 1 saturated carbocycles. The van der Waals surface area contributed by atoms with Crippen LogP contribution >= 0.6 is 0 Å². The number of nitrogens with zero attached hydrogens (tertiary/aromatic N) is 4. The molecule has 1 fully saturated rings. The van der Waals surface area contributed by atoms with Gasteiger partial charge in [-0.25, -0.2) is 9.97 Å². The maximum atomic E-state index is 12.3. The Balaban J connectivity index is 1.71. The summed E-state index contributed by atoms with van der Waals surface area (Å²) in [7, 11) is 0. The molecule has 31 heavy (non-hydrogen) atoms. The SMILES string of the molecule is C[C@H](Nc1cc(-c2cnc(NC(=O)C3CC3)cn2)cnc1C#N)C(=O)NCC(F)(F)F. The molecule has 0 unspecified atom stereocenters. The number of nitrogens with one attached hydrogen (secondary N) is 3. The molecule has 0 aliphatic heterocycles. The molecule has 2 aromatic heterocycles. The van der Waals surface area contributed by atoms with Gasteiger partial charge >= 0.3 is 6.18 Å². The van der Waals surface area contributed by atoms with Crippen LogP contribution in [0.4, 0.5) is 24.7 Å². The smallest absolute Gasteiger partial charge is 0.372 e. The Kier molecular flexibility index (Phi) is 6.33. The van der Waals surface area contributed by atoms with Crippen molar-refractivity contribution in [1.82, 2.24) is 20.3 Å². The van der Waals surface area contributed by atoms with E-state index in [1.807, 2.05) is 6.07 Å². The van der Waals surface area contributed by atoms with Crippen molar-refractivity contribution >= 4 is 23.3 Å². The van der Waals surface area contributed by atoms with E-state index in [1.165, 1.54) is 31.6 Å². The number of hydrogen-bond donors (Lipinski definition) is 3. The number of nitriles is 1. The third kappa shape index (κ3) is 6.11. The minimum Gasteiger partial charge on any atom is -0.372 e. The fourth-order valence-electron chi connectivity index (χ4n) is 2.56. The maximum Gasteiger partial charge on any atom is 0.405 e. The van der Waals surface area contributed by atoms with Crippen LogP contribution < -0.4 is 16.0 Å². The number of alkyl halides is 3. The molecule has 162 valence electrons. The van der Waals surface area contributed by atoms with Crippen LogP contribution in [-0.4, -0.2) is 45.5 Å². The van der Waals surface area contributed by atoms with Crippen molar-refractivity contribution in [1.29, 1.82) is 5.26 Å². The standard InChI is InChI=1S/C19H18F3N7O2/c1-10(17(30)27-9-19(20,21)22)28-13-4-12(6-24-14(13)5-23)15-7-26-16(8-25-15)29-18(31)11-2-3-11/h4,6-8,10-11,28H,2-3,9H2,1H3,(H,27,30)(H,26,29,31)/t10-/m0/s1. The van der Waals surface area contributed by atoms with Gasteiger partial charge in [-0.2, -0.15) is 18.4 Å². The third-order valence-corrected chi connectivity index (χ3v) is 4.37. The van der Waals surface area contributed by atoms with Crippen molar-refractivity contribution in [3.05, 3.63) is 30.4 Å². The van der Waals surface area contributed by atoms with Gasteiger partial charge in [-0.05, 0) is 25.8 Å². The Morgan fingerprint density at radius 2 is 1.97 bits per heavy atom. The summed E-state index contributed by atoms with van der Waals surface area (Å²) < 4.78 is 36.8. The van der Waals surface area contributed by atoms with Gasteiger partial charge in [0.15, 0.2) is 11.5 Å². The molecule has 0 spiro atoms. The molecule has 2 heterocycles. The Hall–Kier alpha value is -3.75. The van der Waals surface area contributed by atoms with E-state index in [9.17, 15) is 28.0 Å². The monoisotopic (exact) mass is 433 g/mol. The van der Waals surface area contributed by atoms with E-state index in [2.05, 4.69) is 25.6 Å². The van der Waals surface area contributed by atoms with Gasteiger partial charge in [0.25, 0.3) is 0 Å². The largest absolute Gasteiger partial charge is 0.405 e. The first kappa shape index (κ1) is 21.9. The highest BCUT2D eigenvalue weighted by Crippen LogP contribution is 2.30. The topological polar surface area (TPSA) is 133 Å². The lowest BCUT2D eigenvalue weighted by Gasteiger charge is -2.17. The van der Waals surface area contributed by atoms with E-state index in [4.69, 9.17) is 0 Å². The molecule has 9 nitrogen and oxygen atoms in total. The van der Waals surface area contributed by atoms with Crippen LogP contribution in [0.1, 0.15) is 25.5 Å². The summed E-state index contributed by atoms with van der Waals surface area (Å²) in [5.74, 6) is -0.669. The van der Waals surface area contributed by atoms with Gasteiger partial charge in [0.1, 0.15) is 18.7 Å². The molecule has 1 aliphatic rings. The summed E-state index contributed by atoms with van der Waals surface area (Å²) in [6.07, 6.45) is 1.36. The van der Waals surface area contributed by atoms with E-state index < -0.39 is 24.7 Å². The highest BCUT2D eigenvalue weighted by molar-refractivity contribution is 5.93. The zero-order chi connectivity index (χ0) is 22.6. The zero-order valence-electron chi connectivity index (χ0n) is 16.3. The number of halogens is 3. The average molecular weight is 433 g/mol. The number of amides is 2. The van der Waals surface area contributed by atoms with Crippen molar-refractivity contribution in [2.75, 3.05) is 17.2 Å². The first-order valence-electron chi connectivity index (χ1n) is 9.30. The molecule has 0 saturated heterocycles. The van der Waals surface area contributed by atoms with Crippen molar-refractivity contribution in [2.24, 2.45) is 5.92 Å². The van der Waals surface area contributed by atoms with Crippen LogP contribution in [0.3, 0.4) is 0 Å². The van der Waals surface area contributed by atoms with E-state index in [1.54, 1.807) is 5.32 Å². The molecule has 0 bridgehead atoms. The first-order chi connectivity index (χ1) is 14.7. The number of hydrogen-bond acceptors (Lipinski definition) is 7. The van der Waals surface area contributed by atoms with E-state index >= 15 is 0 Å². The summed E-state index contributed by atoms with van der Waals surface area (Å²) in [6, 6.07) is 2.29. The molecule has 1 aliphatic carbocycles. The molecule has 12 heteroatoms. The molecule has 2 amide bonds. The maximum absolute atomic E-state index is 12.3. The second-order valence-corrected chi connectivity index (χ2v) is 6.98. The fraction of sp³-hybridized carbons (Fsp3) is 0.368. The highest BCUT2D eigenvalue weighted by atomic mass is 19.4. The molecule has 2 aromatic rings. The Morgan fingerprint density at radius 3 is 2.55 bits per heavy atom. The lowest BCUT2D eigenvalue weighted by atomic mass is 10.1. The van der Waals surface area contributed by atoms with Crippen LogP contribution in [0.25, 0.3) is 11.3 Å². The molecule has 0 aromatic carbocycles. The quantitative estimate of drug-likeness (QED) is 0.610. The third-order valence-electron chi connectivity index (χ3n) is 4.37. The highest BCUT2D eigenvalue weighted by Gasteiger charge is 2.30. The lowest BCUT2D eigenvalue weighted by Crippen LogP contribution is -2.42. The second kappa shape index (κ2) is 8.95. The molecule has 3 N–H and O–H groups in total. The van der Waals surface area contributed by atoms with E-state index in [0.717, 1.165) is 12.8 Å². The molecule has 3 rings (SSSR count). The van der Waals surface area contributed by atoms with Crippen LogP contribution in [-0.2, 0) is 9.59 Å². The summed E-state index contributed by atoms with van der Waals surface area (Å²) in [4.78, 5) is 36.0. The molecular weight excluding hydrogens is 415 g/mol. The van der Waals surface area contributed by atoms with Crippen molar-refractivity contribution in [2.45, 2.75) is 32.0 Å². The number of carbonyl (C=O) groups is 2. The van der Waals surface area contributed by atoms with Gasteiger partial charge in [0.2, 0.25) is 11.8 Å². The van der Waals surface area contributed by atoms with Gasteiger partial charge in [-0.1, -0.05) is 0 Å².